The van der Waals surface area contributed by atoms with Crippen molar-refractivity contribution in [3.63, 3.8) is 0 Å². The molecular formula is C36H42ClN3O6. The van der Waals surface area contributed by atoms with Gasteiger partial charge in [0.15, 0.2) is 0 Å². The molecule has 0 radical (unpaired) electrons. The van der Waals surface area contributed by atoms with Crippen LogP contribution < -0.4 is 14.5 Å². The van der Waals surface area contributed by atoms with Gasteiger partial charge >= 0.3 is 0 Å². The van der Waals surface area contributed by atoms with Crippen LogP contribution in [0.1, 0.15) is 45.1 Å². The molecule has 4 heterocycles. The first-order chi connectivity index (χ1) is 22.2. The smallest absolute Gasteiger partial charge is 0.253 e. The first-order valence-corrected chi connectivity index (χ1v) is 16.6. The number of halogens is 1. The van der Waals surface area contributed by atoms with Crippen LogP contribution in [0.25, 0.3) is 0 Å². The van der Waals surface area contributed by atoms with E-state index in [4.69, 9.17) is 21.1 Å². The zero-order chi connectivity index (χ0) is 32.6. The zero-order valence-electron chi connectivity index (χ0n) is 26.7. The number of hydrogen-bond acceptors (Lipinski definition) is 6. The number of carbonyl (C=O) groups excluding carboxylic acids is 3. The fourth-order valence-electron chi connectivity index (χ4n) is 7.80. The third-order valence-corrected chi connectivity index (χ3v) is 10.1. The lowest BCUT2D eigenvalue weighted by molar-refractivity contribution is -0.144. The number of likely N-dealkylation sites (tertiary alicyclic amines) is 1. The number of amides is 3. The monoisotopic (exact) mass is 647 g/mol. The van der Waals surface area contributed by atoms with Gasteiger partial charge in [-0.3, -0.25) is 14.4 Å². The number of para-hydroxylation sites is 1. The number of carbonyl (C=O) groups is 3. The number of aliphatic hydroxyl groups is 1. The second-order valence-electron chi connectivity index (χ2n) is 12.7. The van der Waals surface area contributed by atoms with Crippen molar-refractivity contribution in [2.24, 2.45) is 11.8 Å². The van der Waals surface area contributed by atoms with Crippen LogP contribution in [0.5, 0.6) is 5.75 Å². The molecule has 3 amide bonds. The van der Waals surface area contributed by atoms with Crippen molar-refractivity contribution >= 4 is 40.7 Å². The van der Waals surface area contributed by atoms with Gasteiger partial charge in [-0.1, -0.05) is 60.9 Å². The fraction of sp³-hybridized carbons (Fsp3) is 0.472. The molecule has 2 saturated heterocycles. The van der Waals surface area contributed by atoms with Crippen molar-refractivity contribution in [3.05, 3.63) is 77.4 Å². The molecule has 244 valence electrons. The number of aliphatic hydroxyl groups excluding tert-OH is 1. The number of rotatable bonds is 10. The summed E-state index contributed by atoms with van der Waals surface area (Å²) >= 11 is 6.67. The van der Waals surface area contributed by atoms with Crippen molar-refractivity contribution in [1.29, 1.82) is 0 Å². The zero-order valence-corrected chi connectivity index (χ0v) is 27.4. The number of ether oxygens (including phenoxy) is 2. The van der Waals surface area contributed by atoms with E-state index in [2.05, 4.69) is 0 Å². The van der Waals surface area contributed by atoms with E-state index in [1.54, 1.807) is 20.8 Å². The Balaban J connectivity index is 1.41. The summed E-state index contributed by atoms with van der Waals surface area (Å²) in [6, 6.07) is 11.9. The van der Waals surface area contributed by atoms with Crippen molar-refractivity contribution in [1.82, 2.24) is 4.90 Å². The summed E-state index contributed by atoms with van der Waals surface area (Å²) in [5.41, 5.74) is -0.340. The molecule has 4 aliphatic rings. The van der Waals surface area contributed by atoms with E-state index in [0.717, 1.165) is 18.4 Å². The van der Waals surface area contributed by atoms with Gasteiger partial charge < -0.3 is 29.3 Å². The molecular weight excluding hydrogens is 606 g/mol. The van der Waals surface area contributed by atoms with E-state index in [9.17, 15) is 19.5 Å². The van der Waals surface area contributed by atoms with E-state index in [0.29, 0.717) is 54.7 Å². The average Bonchev–Trinajstić information content (AvgIpc) is 3.29. The SMILES string of the molecule is CCOc1ccc(N2CC=C[C@]3(C)O[C@]45C=CCN(c6c(C)cccc6Cl)C(=O)C4N(CCCCCCO)C(=O)[C@@H]5[C@@H]3C2=O)cc1. The lowest BCUT2D eigenvalue weighted by Crippen LogP contribution is -2.56. The normalized spacial score (nSPS) is 28.7. The summed E-state index contributed by atoms with van der Waals surface area (Å²) in [6.45, 7) is 7.23. The predicted molar refractivity (Wildman–Crippen MR) is 177 cm³/mol. The molecule has 1 spiro atoms. The quantitative estimate of drug-likeness (QED) is 0.285. The summed E-state index contributed by atoms with van der Waals surface area (Å²) in [7, 11) is 0. The Morgan fingerprint density at radius 2 is 1.63 bits per heavy atom. The van der Waals surface area contributed by atoms with Crippen LogP contribution in [0.3, 0.4) is 0 Å². The minimum atomic E-state index is -1.36. The topological polar surface area (TPSA) is 99.6 Å². The van der Waals surface area contributed by atoms with E-state index < -0.39 is 29.1 Å². The van der Waals surface area contributed by atoms with Crippen molar-refractivity contribution in [3.8, 4) is 5.75 Å². The Hall–Kier alpha value is -3.66. The number of nitrogens with zero attached hydrogens (tertiary/aromatic N) is 3. The van der Waals surface area contributed by atoms with Crippen LogP contribution in [0.4, 0.5) is 11.4 Å². The van der Waals surface area contributed by atoms with Crippen LogP contribution >= 0.6 is 11.6 Å². The fourth-order valence-corrected chi connectivity index (χ4v) is 8.12. The Bertz CT molecular complexity index is 1540. The van der Waals surface area contributed by atoms with Gasteiger partial charge in [-0.15, -0.1) is 0 Å². The first kappa shape index (κ1) is 32.3. The number of fused-ring (bicyclic) bond motifs is 2. The van der Waals surface area contributed by atoms with Crippen LogP contribution in [-0.4, -0.2) is 77.8 Å². The molecule has 2 aromatic carbocycles. The summed E-state index contributed by atoms with van der Waals surface area (Å²) in [5.74, 6) is -1.83. The molecule has 6 rings (SSSR count). The van der Waals surface area contributed by atoms with Gasteiger partial charge in [-0.05, 0) is 69.5 Å². The van der Waals surface area contributed by atoms with Gasteiger partial charge in [0.2, 0.25) is 11.8 Å². The summed E-state index contributed by atoms with van der Waals surface area (Å²) in [4.78, 5) is 49.1. The molecule has 0 saturated carbocycles. The van der Waals surface area contributed by atoms with Gasteiger partial charge in [-0.25, -0.2) is 0 Å². The average molecular weight is 648 g/mol. The largest absolute Gasteiger partial charge is 0.494 e. The summed E-state index contributed by atoms with van der Waals surface area (Å²) < 4.78 is 12.6. The van der Waals surface area contributed by atoms with Crippen molar-refractivity contribution in [2.45, 2.75) is 63.7 Å². The minimum absolute atomic E-state index is 0.112. The van der Waals surface area contributed by atoms with Gasteiger partial charge in [0, 0.05) is 31.9 Å². The van der Waals surface area contributed by atoms with Crippen LogP contribution in [-0.2, 0) is 19.1 Å². The second-order valence-corrected chi connectivity index (χ2v) is 13.1. The predicted octanol–water partition coefficient (Wildman–Crippen LogP) is 5.08. The standard InChI is InChI=1S/C36H42ClN3O6/c1-4-45-26-16-14-25(15-17-26)38-21-10-18-35(3)28(32(38)42)29-33(43)40(20-7-5-6-8-23-41)31-34(44)39(22-11-19-36(29,31)46-35)30-24(2)12-9-13-27(30)37/h9-19,28-29,31,41H,4-8,20-23H2,1-3H3/t28-,29+,31?,35+,36+/m1/s1. The highest BCUT2D eigenvalue weighted by molar-refractivity contribution is 6.34. The highest BCUT2D eigenvalue weighted by Crippen LogP contribution is 2.58. The molecule has 0 aromatic heterocycles. The highest BCUT2D eigenvalue weighted by Gasteiger charge is 2.74. The number of hydrogen-bond donors (Lipinski definition) is 1. The maximum Gasteiger partial charge on any atom is 0.253 e. The second kappa shape index (κ2) is 12.9. The molecule has 0 aliphatic carbocycles. The molecule has 2 fully saturated rings. The van der Waals surface area contributed by atoms with E-state index in [1.165, 1.54) is 0 Å². The van der Waals surface area contributed by atoms with Crippen molar-refractivity contribution in [2.75, 3.05) is 42.6 Å². The molecule has 1 N–H and O–H groups in total. The molecule has 9 nitrogen and oxygen atoms in total. The maximum atomic E-state index is 14.8. The Morgan fingerprint density at radius 1 is 0.913 bits per heavy atom. The van der Waals surface area contributed by atoms with Gasteiger partial charge in [0.1, 0.15) is 17.4 Å². The van der Waals surface area contributed by atoms with Gasteiger partial charge in [0.25, 0.3) is 5.91 Å². The lowest BCUT2D eigenvalue weighted by atomic mass is 9.74. The lowest BCUT2D eigenvalue weighted by Gasteiger charge is -2.37. The first-order valence-electron chi connectivity index (χ1n) is 16.2. The maximum absolute atomic E-state index is 14.8. The van der Waals surface area contributed by atoms with Crippen LogP contribution in [0.2, 0.25) is 5.02 Å². The van der Waals surface area contributed by atoms with E-state index >= 15 is 0 Å². The van der Waals surface area contributed by atoms with Gasteiger partial charge in [-0.2, -0.15) is 0 Å². The van der Waals surface area contributed by atoms with Crippen LogP contribution in [0.15, 0.2) is 66.8 Å². The number of benzene rings is 2. The molecule has 2 aromatic rings. The molecule has 46 heavy (non-hydrogen) atoms. The highest BCUT2D eigenvalue weighted by atomic mass is 35.5. The number of aryl methyl sites for hydroxylation is 1. The minimum Gasteiger partial charge on any atom is -0.494 e. The Kier molecular flexibility index (Phi) is 9.02. The number of unbranched alkanes of at least 4 members (excludes halogenated alkanes) is 3. The third kappa shape index (κ3) is 5.32. The third-order valence-electron chi connectivity index (χ3n) is 9.78. The molecule has 5 atom stereocenters. The van der Waals surface area contributed by atoms with E-state index in [-0.39, 0.29) is 30.9 Å². The van der Waals surface area contributed by atoms with Crippen LogP contribution in [0, 0.1) is 18.8 Å². The molecule has 4 aliphatic heterocycles. The Labute approximate surface area is 275 Å². The summed E-state index contributed by atoms with van der Waals surface area (Å²) in [5, 5.41) is 9.70. The number of anilines is 2. The molecule has 10 heteroatoms. The Morgan fingerprint density at radius 3 is 2.35 bits per heavy atom. The molecule has 0 bridgehead atoms. The van der Waals surface area contributed by atoms with E-state index in [1.807, 2.05) is 81.5 Å². The summed E-state index contributed by atoms with van der Waals surface area (Å²) in [6.07, 6.45) is 10.5. The van der Waals surface area contributed by atoms with Crippen molar-refractivity contribution < 1.29 is 29.0 Å². The molecule has 1 unspecified atom stereocenters. The van der Waals surface area contributed by atoms with Gasteiger partial charge in [0.05, 0.1) is 34.8 Å².